The molecule has 2 N–H and O–H groups in total. The third-order valence-corrected chi connectivity index (χ3v) is 6.32. The quantitative estimate of drug-likeness (QED) is 0.823. The van der Waals surface area contributed by atoms with Crippen LogP contribution in [0.4, 0.5) is 5.69 Å². The molecule has 7 heteroatoms. The second-order valence-electron chi connectivity index (χ2n) is 6.14. The Morgan fingerprint density at radius 1 is 1.12 bits per heavy atom. The fraction of sp³-hybridized carbons (Fsp3) is 0.353. The normalized spacial score (nSPS) is 13.0. The van der Waals surface area contributed by atoms with Gasteiger partial charge >= 0.3 is 0 Å². The van der Waals surface area contributed by atoms with Crippen LogP contribution in [0.1, 0.15) is 25.0 Å². The molecule has 0 radical (unpaired) electrons. The fourth-order valence-electron chi connectivity index (χ4n) is 2.40. The third kappa shape index (κ3) is 4.66. The van der Waals surface area contributed by atoms with Crippen LogP contribution in [-0.2, 0) is 14.8 Å². The number of anilines is 1. The zero-order valence-electron chi connectivity index (χ0n) is 14.2. The molecule has 1 amide bonds. The Balaban J connectivity index is 2.19. The molecule has 0 saturated carbocycles. The lowest BCUT2D eigenvalue weighted by Crippen LogP contribution is -2.46. The van der Waals surface area contributed by atoms with E-state index in [-0.39, 0.29) is 16.0 Å². The van der Waals surface area contributed by atoms with E-state index in [1.807, 2.05) is 45.9 Å². The zero-order chi connectivity index (χ0) is 17.9. The predicted molar refractivity (Wildman–Crippen MR) is 97.8 cm³/mol. The topological polar surface area (TPSA) is 75.3 Å². The van der Waals surface area contributed by atoms with Crippen molar-refractivity contribution in [3.63, 3.8) is 0 Å². The van der Waals surface area contributed by atoms with Gasteiger partial charge in [-0.15, -0.1) is 11.3 Å². The van der Waals surface area contributed by atoms with Crippen molar-refractivity contribution < 1.29 is 13.2 Å². The molecule has 24 heavy (non-hydrogen) atoms. The van der Waals surface area contributed by atoms with Gasteiger partial charge in [0.2, 0.25) is 5.91 Å². The minimum atomic E-state index is -3.71. The summed E-state index contributed by atoms with van der Waals surface area (Å²) in [6.45, 7) is 7.51. The molecule has 130 valence electrons. The second kappa shape index (κ2) is 7.46. The summed E-state index contributed by atoms with van der Waals surface area (Å²) >= 11 is 1.12. The molecular weight excluding hydrogens is 344 g/mol. The Morgan fingerprint density at radius 2 is 1.75 bits per heavy atom. The molecule has 1 heterocycles. The summed E-state index contributed by atoms with van der Waals surface area (Å²) in [5.41, 5.74) is 2.73. The minimum absolute atomic E-state index is 0.189. The number of carbonyl (C=O) groups excluding carboxylic acids is 1. The van der Waals surface area contributed by atoms with Crippen molar-refractivity contribution >= 4 is 33.0 Å². The Bertz CT molecular complexity index is 792. The van der Waals surface area contributed by atoms with Crippen molar-refractivity contribution in [2.45, 2.75) is 37.9 Å². The summed E-state index contributed by atoms with van der Waals surface area (Å²) in [5.74, 6) is -0.555. The summed E-state index contributed by atoms with van der Waals surface area (Å²) in [7, 11) is -3.71. The molecule has 0 aliphatic carbocycles. The average Bonchev–Trinajstić information content (AvgIpc) is 2.98. The largest absolute Gasteiger partial charge is 0.325 e. The molecule has 0 aliphatic heterocycles. The maximum Gasteiger partial charge on any atom is 0.250 e. The van der Waals surface area contributed by atoms with Gasteiger partial charge in [0.15, 0.2) is 0 Å². The Hall–Kier alpha value is -1.70. The molecule has 0 spiro atoms. The van der Waals surface area contributed by atoms with Crippen LogP contribution in [0.3, 0.4) is 0 Å². The molecule has 5 nitrogen and oxygen atoms in total. The summed E-state index contributed by atoms with van der Waals surface area (Å²) in [6.07, 6.45) is 0. The van der Waals surface area contributed by atoms with E-state index in [2.05, 4.69) is 10.0 Å². The number of hydrogen-bond donors (Lipinski definition) is 2. The van der Waals surface area contributed by atoms with Gasteiger partial charge in [0, 0.05) is 5.69 Å². The summed E-state index contributed by atoms with van der Waals surface area (Å²) in [6, 6.07) is 8.06. The molecule has 0 unspecified atom stereocenters. The van der Waals surface area contributed by atoms with E-state index in [1.54, 1.807) is 11.4 Å². The van der Waals surface area contributed by atoms with E-state index in [9.17, 15) is 13.2 Å². The smallest absolute Gasteiger partial charge is 0.250 e. The van der Waals surface area contributed by atoms with E-state index < -0.39 is 16.1 Å². The zero-order valence-corrected chi connectivity index (χ0v) is 15.8. The Labute approximate surface area is 147 Å². The van der Waals surface area contributed by atoms with Crippen LogP contribution < -0.4 is 10.0 Å². The predicted octanol–water partition coefficient (Wildman–Crippen LogP) is 3.31. The molecule has 0 bridgehead atoms. The standard InChI is InChI=1S/C17H22N2O3S2/c1-11(2)16(19-24(21,22)15-6-5-7-23-15)17(20)18-14-9-12(3)8-13(4)10-14/h5-11,16,19H,1-4H3,(H,18,20)/t16-/m1/s1. The van der Waals surface area contributed by atoms with Gasteiger partial charge in [-0.25, -0.2) is 8.42 Å². The van der Waals surface area contributed by atoms with Gasteiger partial charge in [-0.1, -0.05) is 26.0 Å². The molecular formula is C17H22N2O3S2. The van der Waals surface area contributed by atoms with Gasteiger partial charge in [0.05, 0.1) is 0 Å². The molecule has 0 fully saturated rings. The summed E-state index contributed by atoms with van der Waals surface area (Å²) in [4.78, 5) is 12.6. The van der Waals surface area contributed by atoms with Gasteiger partial charge in [-0.2, -0.15) is 4.72 Å². The van der Waals surface area contributed by atoms with E-state index in [1.165, 1.54) is 6.07 Å². The second-order valence-corrected chi connectivity index (χ2v) is 9.03. The molecule has 1 aromatic carbocycles. The number of aryl methyl sites for hydroxylation is 2. The average molecular weight is 367 g/mol. The van der Waals surface area contributed by atoms with Gasteiger partial charge in [-0.05, 0) is 54.5 Å². The Morgan fingerprint density at radius 3 is 2.25 bits per heavy atom. The van der Waals surface area contributed by atoms with Gasteiger partial charge < -0.3 is 5.32 Å². The van der Waals surface area contributed by atoms with Crippen LogP contribution in [0.15, 0.2) is 39.9 Å². The first-order valence-electron chi connectivity index (χ1n) is 7.64. The molecule has 0 saturated heterocycles. The van der Waals surface area contributed by atoms with Crippen LogP contribution in [0, 0.1) is 19.8 Å². The van der Waals surface area contributed by atoms with E-state index in [0.29, 0.717) is 5.69 Å². The van der Waals surface area contributed by atoms with Gasteiger partial charge in [0.25, 0.3) is 10.0 Å². The number of benzene rings is 1. The number of rotatable bonds is 6. The molecule has 1 atom stereocenters. The van der Waals surface area contributed by atoms with Crippen molar-refractivity contribution in [3.8, 4) is 0 Å². The number of carbonyl (C=O) groups is 1. The highest BCUT2D eigenvalue weighted by atomic mass is 32.2. The van der Waals surface area contributed by atoms with Gasteiger partial charge in [-0.3, -0.25) is 4.79 Å². The molecule has 0 aliphatic rings. The van der Waals surface area contributed by atoms with E-state index >= 15 is 0 Å². The van der Waals surface area contributed by atoms with E-state index in [4.69, 9.17) is 0 Å². The number of amides is 1. The van der Waals surface area contributed by atoms with Crippen LogP contribution in [0.5, 0.6) is 0 Å². The first kappa shape index (κ1) is 18.6. The van der Waals surface area contributed by atoms with Crippen molar-refractivity contribution in [1.29, 1.82) is 0 Å². The SMILES string of the molecule is Cc1cc(C)cc(NC(=O)[C@H](NS(=O)(=O)c2cccs2)C(C)C)c1. The maximum atomic E-state index is 12.6. The first-order chi connectivity index (χ1) is 11.2. The highest BCUT2D eigenvalue weighted by Gasteiger charge is 2.29. The van der Waals surface area contributed by atoms with Crippen LogP contribution >= 0.6 is 11.3 Å². The number of nitrogens with one attached hydrogen (secondary N) is 2. The molecule has 2 aromatic rings. The molecule has 2 rings (SSSR count). The maximum absolute atomic E-state index is 12.6. The third-order valence-electron chi connectivity index (χ3n) is 3.48. The first-order valence-corrected chi connectivity index (χ1v) is 10.0. The molecule has 1 aromatic heterocycles. The lowest BCUT2D eigenvalue weighted by atomic mass is 10.0. The van der Waals surface area contributed by atoms with Crippen molar-refractivity contribution in [1.82, 2.24) is 4.72 Å². The van der Waals surface area contributed by atoms with Crippen molar-refractivity contribution in [2.24, 2.45) is 5.92 Å². The van der Waals surface area contributed by atoms with Crippen LogP contribution in [-0.4, -0.2) is 20.4 Å². The van der Waals surface area contributed by atoms with Crippen molar-refractivity contribution in [2.75, 3.05) is 5.32 Å². The number of hydrogen-bond acceptors (Lipinski definition) is 4. The van der Waals surface area contributed by atoms with E-state index in [0.717, 1.165) is 22.5 Å². The lowest BCUT2D eigenvalue weighted by molar-refractivity contribution is -0.118. The number of sulfonamides is 1. The minimum Gasteiger partial charge on any atom is -0.325 e. The van der Waals surface area contributed by atoms with Crippen molar-refractivity contribution in [3.05, 3.63) is 46.8 Å². The highest BCUT2D eigenvalue weighted by molar-refractivity contribution is 7.91. The highest BCUT2D eigenvalue weighted by Crippen LogP contribution is 2.19. The van der Waals surface area contributed by atoms with Crippen LogP contribution in [0.2, 0.25) is 0 Å². The number of thiophene rings is 1. The van der Waals surface area contributed by atoms with Gasteiger partial charge in [0.1, 0.15) is 10.3 Å². The summed E-state index contributed by atoms with van der Waals surface area (Å²) < 4.78 is 27.5. The summed E-state index contributed by atoms with van der Waals surface area (Å²) in [5, 5.41) is 4.50. The monoisotopic (exact) mass is 366 g/mol. The Kier molecular flexibility index (Phi) is 5.79. The lowest BCUT2D eigenvalue weighted by Gasteiger charge is -2.21. The van der Waals surface area contributed by atoms with Crippen LogP contribution in [0.25, 0.3) is 0 Å². The fourth-order valence-corrected chi connectivity index (χ4v) is 4.75.